The molecule has 164 valence electrons. The number of rotatable bonds is 8. The second-order valence-electron chi connectivity index (χ2n) is 7.21. The lowest BCUT2D eigenvalue weighted by Crippen LogP contribution is -2.28. The lowest BCUT2D eigenvalue weighted by Gasteiger charge is -2.12. The van der Waals surface area contributed by atoms with Gasteiger partial charge in [-0.3, -0.25) is 8.98 Å². The number of aromatic nitrogens is 2. The minimum atomic E-state index is -3.73. The van der Waals surface area contributed by atoms with E-state index in [1.54, 1.807) is 25.1 Å². The van der Waals surface area contributed by atoms with Crippen LogP contribution in [0.3, 0.4) is 0 Å². The van der Waals surface area contributed by atoms with Crippen LogP contribution < -0.4 is 5.56 Å². The van der Waals surface area contributed by atoms with E-state index in [1.165, 1.54) is 16.8 Å². The third kappa shape index (κ3) is 6.22. The molecule has 0 aliphatic rings. The normalized spacial score (nSPS) is 11.6. The van der Waals surface area contributed by atoms with E-state index in [0.717, 1.165) is 11.8 Å². The lowest BCUT2D eigenvalue weighted by molar-refractivity contribution is 0.308. The molecule has 2 aromatic carbocycles. The number of benzene rings is 2. The maximum atomic E-state index is 13.7. The molecule has 0 aliphatic heterocycles. The fourth-order valence-electron chi connectivity index (χ4n) is 3.09. The average Bonchev–Trinajstić information content (AvgIpc) is 2.71. The van der Waals surface area contributed by atoms with Gasteiger partial charge < -0.3 is 0 Å². The van der Waals surface area contributed by atoms with Gasteiger partial charge in [-0.15, -0.1) is 0 Å². The van der Waals surface area contributed by atoms with Gasteiger partial charge in [0.15, 0.2) is 0 Å². The molecule has 0 saturated heterocycles. The van der Waals surface area contributed by atoms with Crippen LogP contribution in [-0.4, -0.2) is 24.5 Å². The van der Waals surface area contributed by atoms with Gasteiger partial charge in [0.05, 0.1) is 18.6 Å². The maximum Gasteiger partial charge on any atom is 0.272 e. The molecular formula is C22H22ClFN2O4S. The van der Waals surface area contributed by atoms with Gasteiger partial charge in [0.1, 0.15) is 5.82 Å². The molecule has 0 spiro atoms. The van der Waals surface area contributed by atoms with Crippen molar-refractivity contribution in [3.05, 3.63) is 86.4 Å². The van der Waals surface area contributed by atoms with E-state index >= 15 is 0 Å². The summed E-state index contributed by atoms with van der Waals surface area (Å²) in [6.45, 7) is 1.52. The number of hydrogen-bond acceptors (Lipinski definition) is 5. The Balaban J connectivity index is 1.93. The van der Waals surface area contributed by atoms with E-state index in [2.05, 4.69) is 5.10 Å². The van der Waals surface area contributed by atoms with Crippen LogP contribution in [0.25, 0.3) is 11.3 Å². The second kappa shape index (κ2) is 9.72. The Morgan fingerprint density at radius 1 is 1.13 bits per heavy atom. The highest BCUT2D eigenvalue weighted by Gasteiger charge is 2.14. The van der Waals surface area contributed by atoms with Crippen LogP contribution in [0.15, 0.2) is 53.3 Å². The summed E-state index contributed by atoms with van der Waals surface area (Å²) in [5.41, 5.74) is 2.14. The topological polar surface area (TPSA) is 78.3 Å². The van der Waals surface area contributed by atoms with Crippen molar-refractivity contribution in [2.24, 2.45) is 0 Å². The third-order valence-electron chi connectivity index (χ3n) is 4.70. The van der Waals surface area contributed by atoms with Crippen LogP contribution in [0, 0.1) is 12.7 Å². The molecule has 3 rings (SSSR count). The Labute approximate surface area is 185 Å². The summed E-state index contributed by atoms with van der Waals surface area (Å²) in [5, 5.41) is 5.07. The molecule has 6 nitrogen and oxygen atoms in total. The zero-order valence-electron chi connectivity index (χ0n) is 17.1. The van der Waals surface area contributed by atoms with Crippen molar-refractivity contribution in [3.63, 3.8) is 0 Å². The Morgan fingerprint density at radius 3 is 2.55 bits per heavy atom. The van der Waals surface area contributed by atoms with E-state index in [0.29, 0.717) is 41.2 Å². The minimum Gasteiger partial charge on any atom is -0.267 e. The number of nitrogens with zero attached hydrogens (tertiary/aromatic N) is 2. The van der Waals surface area contributed by atoms with Gasteiger partial charge in [0.2, 0.25) is 0 Å². The molecule has 0 unspecified atom stereocenters. The molecule has 0 bridgehead atoms. The van der Waals surface area contributed by atoms with Crippen molar-refractivity contribution in [3.8, 4) is 11.3 Å². The van der Waals surface area contributed by atoms with E-state index < -0.39 is 22.3 Å². The first-order chi connectivity index (χ1) is 14.6. The highest BCUT2D eigenvalue weighted by Crippen LogP contribution is 2.21. The largest absolute Gasteiger partial charge is 0.272 e. The third-order valence-corrected chi connectivity index (χ3v) is 5.62. The SMILES string of the molecule is Cc1cc(-c2cc(COS(C)(=O)=O)c(=O)n(CCCc3ccccc3Cl)n2)ccc1F. The van der Waals surface area contributed by atoms with E-state index in [-0.39, 0.29) is 11.4 Å². The van der Waals surface area contributed by atoms with Gasteiger partial charge in [-0.2, -0.15) is 13.5 Å². The van der Waals surface area contributed by atoms with Gasteiger partial charge in [0.25, 0.3) is 15.7 Å². The Hall–Kier alpha value is -2.55. The molecule has 0 fully saturated rings. The zero-order valence-corrected chi connectivity index (χ0v) is 18.7. The molecule has 0 aliphatic carbocycles. The van der Waals surface area contributed by atoms with Crippen LogP contribution >= 0.6 is 11.6 Å². The van der Waals surface area contributed by atoms with Crippen LogP contribution in [0.5, 0.6) is 0 Å². The summed E-state index contributed by atoms with van der Waals surface area (Å²) in [6, 6.07) is 13.4. The Kier molecular flexibility index (Phi) is 7.25. The molecule has 0 atom stereocenters. The predicted octanol–water partition coefficient (Wildman–Crippen LogP) is 4.12. The number of aryl methyl sites for hydroxylation is 3. The minimum absolute atomic E-state index is 0.148. The molecule has 9 heteroatoms. The fraction of sp³-hybridized carbons (Fsp3) is 0.273. The smallest absolute Gasteiger partial charge is 0.267 e. The summed E-state index contributed by atoms with van der Waals surface area (Å²) in [6.07, 6.45) is 2.15. The first-order valence-corrected chi connectivity index (χ1v) is 11.8. The lowest BCUT2D eigenvalue weighted by atomic mass is 10.1. The summed E-state index contributed by atoms with van der Waals surface area (Å²) in [4.78, 5) is 12.8. The molecular weight excluding hydrogens is 443 g/mol. The molecule has 3 aromatic rings. The molecule has 1 aromatic heterocycles. The maximum absolute atomic E-state index is 13.7. The van der Waals surface area contributed by atoms with Crippen LogP contribution in [0.1, 0.15) is 23.1 Å². The van der Waals surface area contributed by atoms with Gasteiger partial charge in [-0.25, -0.2) is 9.07 Å². The van der Waals surface area contributed by atoms with Crippen molar-refractivity contribution < 1.29 is 17.0 Å². The highest BCUT2D eigenvalue weighted by atomic mass is 35.5. The molecule has 0 N–H and O–H groups in total. The first-order valence-electron chi connectivity index (χ1n) is 9.59. The Morgan fingerprint density at radius 2 is 1.87 bits per heavy atom. The predicted molar refractivity (Wildman–Crippen MR) is 118 cm³/mol. The van der Waals surface area contributed by atoms with Crippen LogP contribution in [0.4, 0.5) is 4.39 Å². The summed E-state index contributed by atoms with van der Waals surface area (Å²) < 4.78 is 42.6. The average molecular weight is 465 g/mol. The summed E-state index contributed by atoms with van der Waals surface area (Å²) >= 11 is 6.19. The van der Waals surface area contributed by atoms with Crippen LogP contribution in [0.2, 0.25) is 5.02 Å². The molecule has 31 heavy (non-hydrogen) atoms. The van der Waals surface area contributed by atoms with Gasteiger partial charge in [-0.05, 0) is 61.2 Å². The Bertz CT molecular complexity index is 1260. The van der Waals surface area contributed by atoms with Crippen molar-refractivity contribution in [2.45, 2.75) is 32.9 Å². The van der Waals surface area contributed by atoms with Crippen molar-refractivity contribution in [1.82, 2.24) is 9.78 Å². The standard InChI is InChI=1S/C22H22ClFN2O4S/c1-15-12-17(9-10-20(15)24)21-13-18(14-30-31(2,28)29)22(27)26(25-21)11-5-7-16-6-3-4-8-19(16)23/h3-4,6,8-10,12-13H,5,7,11,14H2,1-2H3. The second-order valence-corrected chi connectivity index (χ2v) is 9.26. The van der Waals surface area contributed by atoms with Crippen molar-refractivity contribution in [2.75, 3.05) is 6.26 Å². The fourth-order valence-corrected chi connectivity index (χ4v) is 3.66. The summed E-state index contributed by atoms with van der Waals surface area (Å²) in [5.74, 6) is -0.350. The highest BCUT2D eigenvalue weighted by molar-refractivity contribution is 7.85. The summed E-state index contributed by atoms with van der Waals surface area (Å²) in [7, 11) is -3.73. The van der Waals surface area contributed by atoms with E-state index in [1.807, 2.05) is 18.2 Å². The molecule has 0 radical (unpaired) electrons. The van der Waals surface area contributed by atoms with Gasteiger partial charge >= 0.3 is 0 Å². The molecule has 0 amide bonds. The monoisotopic (exact) mass is 464 g/mol. The number of hydrogen-bond donors (Lipinski definition) is 0. The first kappa shape index (κ1) is 23.1. The van der Waals surface area contributed by atoms with E-state index in [9.17, 15) is 17.6 Å². The van der Waals surface area contributed by atoms with Gasteiger partial charge in [0, 0.05) is 22.7 Å². The van der Waals surface area contributed by atoms with Crippen molar-refractivity contribution >= 4 is 21.7 Å². The van der Waals surface area contributed by atoms with Gasteiger partial charge in [-0.1, -0.05) is 29.8 Å². The van der Waals surface area contributed by atoms with Crippen molar-refractivity contribution in [1.29, 1.82) is 0 Å². The van der Waals surface area contributed by atoms with E-state index in [4.69, 9.17) is 15.8 Å². The van der Waals surface area contributed by atoms with Crippen LogP contribution in [-0.2, 0) is 33.9 Å². The zero-order chi connectivity index (χ0) is 22.6. The number of halogens is 2. The quantitative estimate of drug-likeness (QED) is 0.468. The molecule has 0 saturated carbocycles. The molecule has 1 heterocycles.